The van der Waals surface area contributed by atoms with Gasteiger partial charge >= 0.3 is 0 Å². The van der Waals surface area contributed by atoms with E-state index >= 15 is 0 Å². The predicted octanol–water partition coefficient (Wildman–Crippen LogP) is 2.27. The summed E-state index contributed by atoms with van der Waals surface area (Å²) in [6.45, 7) is 6.22. The highest BCUT2D eigenvalue weighted by atomic mass is 32.1. The van der Waals surface area contributed by atoms with Gasteiger partial charge in [0.05, 0.1) is 0 Å². The Bertz CT molecular complexity index is 425. The quantitative estimate of drug-likeness (QED) is 0.849. The van der Waals surface area contributed by atoms with E-state index in [0.29, 0.717) is 0 Å². The molecular weight excluding hydrogens is 268 g/mol. The van der Waals surface area contributed by atoms with Gasteiger partial charge in [0.2, 0.25) is 0 Å². The van der Waals surface area contributed by atoms with Crippen molar-refractivity contribution in [1.82, 2.24) is 14.8 Å². The fourth-order valence-corrected chi connectivity index (χ4v) is 4.25. The van der Waals surface area contributed by atoms with Crippen LogP contribution in [0.4, 0.5) is 5.13 Å². The van der Waals surface area contributed by atoms with Crippen molar-refractivity contribution in [3.05, 3.63) is 11.1 Å². The van der Waals surface area contributed by atoms with Crippen molar-refractivity contribution < 1.29 is 0 Å². The number of likely N-dealkylation sites (tertiary alicyclic amines) is 2. The highest BCUT2D eigenvalue weighted by molar-refractivity contribution is 7.15. The molecule has 0 saturated carbocycles. The van der Waals surface area contributed by atoms with Crippen LogP contribution in [0.15, 0.2) is 6.20 Å². The molecule has 20 heavy (non-hydrogen) atoms. The van der Waals surface area contributed by atoms with Crippen LogP contribution in [0.2, 0.25) is 0 Å². The number of rotatable bonds is 4. The van der Waals surface area contributed by atoms with Gasteiger partial charge in [0, 0.05) is 44.3 Å². The van der Waals surface area contributed by atoms with E-state index in [9.17, 15) is 0 Å². The fourth-order valence-electron chi connectivity index (χ4n) is 3.38. The number of anilines is 1. The van der Waals surface area contributed by atoms with Crippen LogP contribution in [-0.4, -0.2) is 61.1 Å². The van der Waals surface area contributed by atoms with E-state index in [1.165, 1.54) is 56.7 Å². The predicted molar refractivity (Wildman–Crippen MR) is 85.5 cm³/mol. The van der Waals surface area contributed by atoms with E-state index in [1.54, 1.807) is 0 Å². The van der Waals surface area contributed by atoms with Gasteiger partial charge in [-0.05, 0) is 45.3 Å². The molecule has 1 aromatic rings. The molecule has 3 rings (SSSR count). The summed E-state index contributed by atoms with van der Waals surface area (Å²) < 4.78 is 0. The monoisotopic (exact) mass is 294 g/mol. The maximum atomic E-state index is 4.49. The Morgan fingerprint density at radius 2 is 2.05 bits per heavy atom. The second-order valence-electron chi connectivity index (χ2n) is 6.28. The lowest BCUT2D eigenvalue weighted by atomic mass is 10.0. The van der Waals surface area contributed by atoms with Gasteiger partial charge in [0.15, 0.2) is 5.13 Å². The van der Waals surface area contributed by atoms with E-state index in [1.807, 2.05) is 11.3 Å². The minimum absolute atomic E-state index is 0.799. The largest absolute Gasteiger partial charge is 0.354 e. The molecule has 2 aliphatic heterocycles. The van der Waals surface area contributed by atoms with Crippen LogP contribution in [0.5, 0.6) is 0 Å². The van der Waals surface area contributed by atoms with Crippen molar-refractivity contribution in [2.45, 2.75) is 38.3 Å². The van der Waals surface area contributed by atoms with Crippen LogP contribution >= 0.6 is 11.3 Å². The number of piperidine rings is 1. The van der Waals surface area contributed by atoms with Gasteiger partial charge in [-0.3, -0.25) is 9.80 Å². The molecule has 2 saturated heterocycles. The smallest absolute Gasteiger partial charge is 0.185 e. The van der Waals surface area contributed by atoms with Crippen molar-refractivity contribution in [3.8, 4) is 0 Å². The van der Waals surface area contributed by atoms with E-state index < -0.39 is 0 Å². The molecule has 0 radical (unpaired) electrons. The Labute approximate surface area is 126 Å². The molecule has 0 amide bonds. The molecular formula is C15H26N4S. The highest BCUT2D eigenvalue weighted by Gasteiger charge is 2.27. The minimum atomic E-state index is 0.799. The van der Waals surface area contributed by atoms with Crippen molar-refractivity contribution >= 4 is 16.5 Å². The number of nitrogens with zero attached hydrogens (tertiary/aromatic N) is 4. The van der Waals surface area contributed by atoms with Gasteiger partial charge in [-0.2, -0.15) is 0 Å². The molecule has 0 N–H and O–H groups in total. The maximum Gasteiger partial charge on any atom is 0.185 e. The SMILES string of the molecule is CN(C)c1ncc(CN2CCCC(N3CCCC3)C2)s1. The zero-order valence-electron chi connectivity index (χ0n) is 12.7. The molecule has 0 aliphatic carbocycles. The Balaban J connectivity index is 1.56. The Morgan fingerprint density at radius 3 is 2.75 bits per heavy atom. The van der Waals surface area contributed by atoms with Crippen LogP contribution in [0.25, 0.3) is 0 Å². The topological polar surface area (TPSA) is 22.6 Å². The fraction of sp³-hybridized carbons (Fsp3) is 0.800. The summed E-state index contributed by atoms with van der Waals surface area (Å²) in [6.07, 6.45) is 7.59. The zero-order valence-corrected chi connectivity index (χ0v) is 13.5. The average molecular weight is 294 g/mol. The van der Waals surface area contributed by atoms with Crippen LogP contribution in [0.3, 0.4) is 0 Å². The van der Waals surface area contributed by atoms with E-state index in [2.05, 4.69) is 40.0 Å². The first kappa shape index (κ1) is 14.3. The van der Waals surface area contributed by atoms with Gasteiger partial charge in [0.25, 0.3) is 0 Å². The molecule has 112 valence electrons. The number of aromatic nitrogens is 1. The average Bonchev–Trinajstić information content (AvgIpc) is 3.10. The van der Waals surface area contributed by atoms with Gasteiger partial charge in [-0.25, -0.2) is 4.98 Å². The van der Waals surface area contributed by atoms with Crippen LogP contribution in [-0.2, 0) is 6.54 Å². The van der Waals surface area contributed by atoms with Crippen molar-refractivity contribution in [1.29, 1.82) is 0 Å². The molecule has 2 aliphatic rings. The summed E-state index contributed by atoms with van der Waals surface area (Å²) in [5.41, 5.74) is 0. The van der Waals surface area contributed by atoms with Crippen LogP contribution in [0.1, 0.15) is 30.6 Å². The molecule has 2 fully saturated rings. The summed E-state index contributed by atoms with van der Waals surface area (Å²) in [5, 5.41) is 1.12. The van der Waals surface area contributed by atoms with E-state index in [0.717, 1.165) is 17.7 Å². The molecule has 1 aromatic heterocycles. The molecule has 5 heteroatoms. The summed E-state index contributed by atoms with van der Waals surface area (Å²) in [5.74, 6) is 0. The highest BCUT2D eigenvalue weighted by Crippen LogP contribution is 2.25. The van der Waals surface area contributed by atoms with Crippen LogP contribution in [0, 0.1) is 0 Å². The lowest BCUT2D eigenvalue weighted by Gasteiger charge is -2.37. The number of thiazole rings is 1. The summed E-state index contributed by atoms with van der Waals surface area (Å²) in [4.78, 5) is 13.3. The van der Waals surface area contributed by atoms with Gasteiger partial charge in [-0.1, -0.05) is 0 Å². The van der Waals surface area contributed by atoms with Crippen molar-refractivity contribution in [3.63, 3.8) is 0 Å². The molecule has 0 aromatic carbocycles. The first-order valence-electron chi connectivity index (χ1n) is 7.81. The minimum Gasteiger partial charge on any atom is -0.354 e. The standard InChI is InChI=1S/C15H26N4S/c1-17(2)15-16-10-14(20-15)12-18-7-5-6-13(11-18)19-8-3-4-9-19/h10,13H,3-9,11-12H2,1-2H3. The zero-order chi connectivity index (χ0) is 13.9. The molecule has 1 atom stereocenters. The molecule has 3 heterocycles. The Hall–Kier alpha value is -0.650. The first-order valence-corrected chi connectivity index (χ1v) is 8.62. The summed E-state index contributed by atoms with van der Waals surface area (Å²) in [7, 11) is 4.12. The first-order chi connectivity index (χ1) is 9.72. The summed E-state index contributed by atoms with van der Waals surface area (Å²) in [6, 6.07) is 0.799. The second-order valence-corrected chi connectivity index (χ2v) is 7.37. The molecule has 0 spiro atoms. The number of hydrogen-bond acceptors (Lipinski definition) is 5. The second kappa shape index (κ2) is 6.41. The van der Waals surface area contributed by atoms with E-state index in [4.69, 9.17) is 0 Å². The Morgan fingerprint density at radius 1 is 1.25 bits per heavy atom. The number of hydrogen-bond donors (Lipinski definition) is 0. The normalized spacial score (nSPS) is 25.2. The molecule has 4 nitrogen and oxygen atoms in total. The summed E-state index contributed by atoms with van der Waals surface area (Å²) >= 11 is 1.83. The molecule has 0 bridgehead atoms. The van der Waals surface area contributed by atoms with Gasteiger partial charge < -0.3 is 4.90 Å². The van der Waals surface area contributed by atoms with Crippen molar-refractivity contribution in [2.24, 2.45) is 0 Å². The van der Waals surface area contributed by atoms with E-state index in [-0.39, 0.29) is 0 Å². The third-order valence-electron chi connectivity index (χ3n) is 4.44. The van der Waals surface area contributed by atoms with Crippen molar-refractivity contribution in [2.75, 3.05) is 45.2 Å². The molecule has 1 unspecified atom stereocenters. The third-order valence-corrected chi connectivity index (χ3v) is 5.59. The van der Waals surface area contributed by atoms with Crippen LogP contribution < -0.4 is 4.90 Å². The lowest BCUT2D eigenvalue weighted by Crippen LogP contribution is -2.46. The lowest BCUT2D eigenvalue weighted by molar-refractivity contribution is 0.111. The van der Waals surface area contributed by atoms with Gasteiger partial charge in [-0.15, -0.1) is 11.3 Å². The third kappa shape index (κ3) is 3.32. The van der Waals surface area contributed by atoms with Gasteiger partial charge in [0.1, 0.15) is 0 Å². The Kier molecular flexibility index (Phi) is 4.58. The maximum absolute atomic E-state index is 4.49.